The topological polar surface area (TPSA) is 76.1 Å². The molecule has 0 amide bonds. The minimum atomic E-state index is -3.07. The third-order valence-corrected chi connectivity index (χ3v) is 6.72. The summed E-state index contributed by atoms with van der Waals surface area (Å²) in [6, 6.07) is 13.1. The first kappa shape index (κ1) is 21.5. The van der Waals surface area contributed by atoms with Crippen molar-refractivity contribution in [3.63, 3.8) is 0 Å². The average molecular weight is 424 g/mol. The summed E-state index contributed by atoms with van der Waals surface area (Å²) in [7, 11) is -1.53. The van der Waals surface area contributed by atoms with E-state index in [0.717, 1.165) is 5.56 Å². The van der Waals surface area contributed by atoms with Crippen LogP contribution in [0, 0.1) is 5.82 Å². The monoisotopic (exact) mass is 423 g/mol. The summed E-state index contributed by atoms with van der Waals surface area (Å²) in [6.45, 7) is 0.707. The number of halogens is 1. The van der Waals surface area contributed by atoms with Gasteiger partial charge in [-0.3, -0.25) is 4.90 Å². The molecule has 0 radical (unpaired) electrons. The lowest BCUT2D eigenvalue weighted by Crippen LogP contribution is -2.42. The van der Waals surface area contributed by atoms with E-state index in [1.165, 1.54) is 12.1 Å². The van der Waals surface area contributed by atoms with Gasteiger partial charge < -0.3 is 14.6 Å². The predicted octanol–water partition coefficient (Wildman–Crippen LogP) is 2.26. The van der Waals surface area contributed by atoms with E-state index in [-0.39, 0.29) is 36.5 Å². The van der Waals surface area contributed by atoms with Gasteiger partial charge in [0.05, 0.1) is 18.6 Å². The Bertz CT molecular complexity index is 904. The molecule has 3 rings (SSSR count). The fraction of sp³-hybridized carbons (Fsp3) is 0.429. The molecular weight excluding hydrogens is 397 g/mol. The Hall–Kier alpha value is -2.16. The molecule has 0 bridgehead atoms. The third kappa shape index (κ3) is 6.16. The molecule has 1 saturated heterocycles. The molecule has 0 saturated carbocycles. The number of hydrogen-bond donors (Lipinski definition) is 1. The first-order chi connectivity index (χ1) is 13.9. The molecule has 8 heteroatoms. The highest BCUT2D eigenvalue weighted by Crippen LogP contribution is 2.26. The molecule has 0 aromatic heterocycles. The van der Waals surface area contributed by atoms with Gasteiger partial charge in [0, 0.05) is 19.1 Å². The average Bonchev–Trinajstić information content (AvgIpc) is 3.07. The highest BCUT2D eigenvalue weighted by atomic mass is 32.2. The van der Waals surface area contributed by atoms with Gasteiger partial charge in [-0.15, -0.1) is 0 Å². The van der Waals surface area contributed by atoms with Crippen LogP contribution in [0.2, 0.25) is 0 Å². The SMILES string of the molecule is COc1ccccc1OC[C@H](O)CN(Cc1ccc(F)cc1)[C@H]1CCS(=O)(=O)C1. The molecule has 0 unspecified atom stereocenters. The maximum Gasteiger partial charge on any atom is 0.161 e. The lowest BCUT2D eigenvalue weighted by atomic mass is 10.1. The molecule has 1 N–H and O–H groups in total. The predicted molar refractivity (Wildman–Crippen MR) is 108 cm³/mol. The van der Waals surface area contributed by atoms with Crippen molar-refractivity contribution < 1.29 is 27.4 Å². The van der Waals surface area contributed by atoms with Crippen molar-refractivity contribution in [3.8, 4) is 11.5 Å². The van der Waals surface area contributed by atoms with Crippen LogP contribution in [0.1, 0.15) is 12.0 Å². The fourth-order valence-corrected chi connectivity index (χ4v) is 5.24. The standard InChI is InChI=1S/C21H26FNO5S/c1-27-20-4-2-3-5-21(20)28-14-19(24)13-23(18-10-11-29(25,26)15-18)12-16-6-8-17(22)9-7-16/h2-9,18-19,24H,10-15H2,1H3/t18-,19+/m0/s1. The highest BCUT2D eigenvalue weighted by Gasteiger charge is 2.33. The van der Waals surface area contributed by atoms with Crippen LogP contribution >= 0.6 is 0 Å². The van der Waals surface area contributed by atoms with E-state index in [4.69, 9.17) is 9.47 Å². The van der Waals surface area contributed by atoms with Crippen LogP contribution in [0.5, 0.6) is 11.5 Å². The molecule has 2 aromatic rings. The van der Waals surface area contributed by atoms with Crippen LogP contribution in [-0.4, -0.2) is 62.3 Å². The highest BCUT2D eigenvalue weighted by molar-refractivity contribution is 7.91. The minimum absolute atomic E-state index is 0.0414. The van der Waals surface area contributed by atoms with Gasteiger partial charge in [-0.25, -0.2) is 12.8 Å². The van der Waals surface area contributed by atoms with E-state index >= 15 is 0 Å². The number of rotatable bonds is 9. The number of hydrogen-bond acceptors (Lipinski definition) is 6. The number of benzene rings is 2. The lowest BCUT2D eigenvalue weighted by molar-refractivity contribution is 0.0517. The second-order valence-electron chi connectivity index (χ2n) is 7.23. The summed E-state index contributed by atoms with van der Waals surface area (Å²) in [4.78, 5) is 1.94. The molecule has 6 nitrogen and oxygen atoms in total. The van der Waals surface area contributed by atoms with Crippen LogP contribution in [0.3, 0.4) is 0 Å². The lowest BCUT2D eigenvalue weighted by Gasteiger charge is -2.30. The van der Waals surface area contributed by atoms with Crippen LogP contribution in [0.25, 0.3) is 0 Å². The minimum Gasteiger partial charge on any atom is -0.493 e. The van der Waals surface area contributed by atoms with Gasteiger partial charge in [-0.1, -0.05) is 24.3 Å². The second kappa shape index (κ2) is 9.56. The van der Waals surface area contributed by atoms with Gasteiger partial charge in [-0.05, 0) is 36.2 Å². The normalized spacial score (nSPS) is 19.2. The van der Waals surface area contributed by atoms with Crippen molar-refractivity contribution in [1.29, 1.82) is 0 Å². The van der Waals surface area contributed by atoms with E-state index < -0.39 is 15.9 Å². The van der Waals surface area contributed by atoms with Gasteiger partial charge in [0.2, 0.25) is 0 Å². The molecule has 1 heterocycles. The van der Waals surface area contributed by atoms with Gasteiger partial charge in [0.1, 0.15) is 18.5 Å². The summed E-state index contributed by atoms with van der Waals surface area (Å²) in [5.41, 5.74) is 0.855. The van der Waals surface area contributed by atoms with Crippen LogP contribution in [-0.2, 0) is 16.4 Å². The number of aliphatic hydroxyl groups excluding tert-OH is 1. The summed E-state index contributed by atoms with van der Waals surface area (Å²) < 4.78 is 48.0. The zero-order valence-electron chi connectivity index (χ0n) is 16.3. The van der Waals surface area contributed by atoms with E-state index in [2.05, 4.69) is 0 Å². The van der Waals surface area contributed by atoms with Crippen molar-refractivity contribution in [2.75, 3.05) is 31.8 Å². The smallest absolute Gasteiger partial charge is 0.161 e. The third-order valence-electron chi connectivity index (χ3n) is 4.97. The molecule has 2 atom stereocenters. The molecule has 0 aliphatic carbocycles. The number of sulfone groups is 1. The van der Waals surface area contributed by atoms with Crippen molar-refractivity contribution in [1.82, 2.24) is 4.90 Å². The molecule has 1 aliphatic rings. The Kier molecular flexibility index (Phi) is 7.10. The van der Waals surface area contributed by atoms with E-state index in [1.54, 1.807) is 31.4 Å². The van der Waals surface area contributed by atoms with Crippen molar-refractivity contribution >= 4 is 9.84 Å². The maximum absolute atomic E-state index is 13.2. The van der Waals surface area contributed by atoms with E-state index in [9.17, 15) is 17.9 Å². The van der Waals surface area contributed by atoms with Crippen LogP contribution in [0.15, 0.2) is 48.5 Å². The molecule has 1 fully saturated rings. The van der Waals surface area contributed by atoms with Crippen LogP contribution in [0.4, 0.5) is 4.39 Å². The molecule has 1 aliphatic heterocycles. The Morgan fingerprint density at radius 1 is 1.17 bits per heavy atom. The Balaban J connectivity index is 1.66. The van der Waals surface area contributed by atoms with Crippen molar-refractivity contribution in [3.05, 3.63) is 59.9 Å². The number of nitrogens with zero attached hydrogens (tertiary/aromatic N) is 1. The Morgan fingerprint density at radius 2 is 1.86 bits per heavy atom. The summed E-state index contributed by atoms with van der Waals surface area (Å²) in [5, 5.41) is 10.5. The Labute approximate surface area is 170 Å². The molecule has 29 heavy (non-hydrogen) atoms. The molecule has 2 aromatic carbocycles. The number of aliphatic hydroxyl groups is 1. The van der Waals surface area contributed by atoms with Crippen LogP contribution < -0.4 is 9.47 Å². The van der Waals surface area contributed by atoms with E-state index in [1.807, 2.05) is 17.0 Å². The summed E-state index contributed by atoms with van der Waals surface area (Å²) >= 11 is 0. The van der Waals surface area contributed by atoms with Gasteiger partial charge in [0.25, 0.3) is 0 Å². The number of para-hydroxylation sites is 2. The van der Waals surface area contributed by atoms with Crippen molar-refractivity contribution in [2.45, 2.75) is 25.1 Å². The Morgan fingerprint density at radius 3 is 2.48 bits per heavy atom. The molecule has 158 valence electrons. The van der Waals surface area contributed by atoms with Gasteiger partial charge in [0.15, 0.2) is 21.3 Å². The first-order valence-corrected chi connectivity index (χ1v) is 11.3. The zero-order valence-corrected chi connectivity index (χ0v) is 17.1. The number of ether oxygens (including phenoxy) is 2. The second-order valence-corrected chi connectivity index (χ2v) is 9.46. The van der Waals surface area contributed by atoms with Crippen molar-refractivity contribution in [2.24, 2.45) is 0 Å². The maximum atomic E-state index is 13.2. The largest absolute Gasteiger partial charge is 0.493 e. The van der Waals surface area contributed by atoms with Gasteiger partial charge in [-0.2, -0.15) is 0 Å². The number of methoxy groups -OCH3 is 1. The molecular formula is C21H26FNO5S. The van der Waals surface area contributed by atoms with Gasteiger partial charge >= 0.3 is 0 Å². The fourth-order valence-electron chi connectivity index (χ4n) is 3.48. The molecule has 0 spiro atoms. The quantitative estimate of drug-likeness (QED) is 0.667. The summed E-state index contributed by atoms with van der Waals surface area (Å²) in [5.74, 6) is 0.987. The van der Waals surface area contributed by atoms with E-state index in [0.29, 0.717) is 24.5 Å². The zero-order chi connectivity index (χ0) is 20.9. The first-order valence-electron chi connectivity index (χ1n) is 9.49. The summed E-state index contributed by atoms with van der Waals surface area (Å²) in [6.07, 6.45) is -0.312.